The number of ether oxygens (including phenoxy) is 1. The van der Waals surface area contributed by atoms with Gasteiger partial charge in [-0.2, -0.15) is 0 Å². The summed E-state index contributed by atoms with van der Waals surface area (Å²) in [5, 5.41) is 1.83. The fourth-order valence-corrected chi connectivity index (χ4v) is 2.25. The van der Waals surface area contributed by atoms with Gasteiger partial charge in [0.1, 0.15) is 16.7 Å². The lowest BCUT2D eigenvalue weighted by atomic mass is 10.2. The van der Waals surface area contributed by atoms with Gasteiger partial charge in [0.15, 0.2) is 0 Å². The highest BCUT2D eigenvalue weighted by atomic mass is 35.5. The second-order valence-electron chi connectivity index (χ2n) is 4.00. The van der Waals surface area contributed by atoms with Crippen LogP contribution in [0.25, 0.3) is 10.8 Å². The van der Waals surface area contributed by atoms with Crippen molar-refractivity contribution in [1.29, 1.82) is 0 Å². The van der Waals surface area contributed by atoms with Crippen molar-refractivity contribution in [2.75, 3.05) is 0 Å². The Morgan fingerprint density at radius 2 is 1.95 bits per heavy atom. The number of aromatic nitrogens is 2. The molecule has 0 N–H and O–H groups in total. The number of rotatable bonds is 2. The predicted octanol–water partition coefficient (Wildman–Crippen LogP) is 4.87. The summed E-state index contributed by atoms with van der Waals surface area (Å²) in [4.78, 5) is 8.07. The molecule has 6 heteroatoms. The Morgan fingerprint density at radius 3 is 2.75 bits per heavy atom. The molecule has 0 saturated heterocycles. The van der Waals surface area contributed by atoms with E-state index in [0.29, 0.717) is 21.5 Å². The van der Waals surface area contributed by atoms with Crippen molar-refractivity contribution in [3.63, 3.8) is 0 Å². The third kappa shape index (κ3) is 2.40. The number of hydrogen-bond donors (Lipinski definition) is 0. The van der Waals surface area contributed by atoms with E-state index in [9.17, 15) is 4.39 Å². The fraction of sp³-hybridized carbons (Fsp3) is 0. The highest BCUT2D eigenvalue weighted by Crippen LogP contribution is 2.35. The van der Waals surface area contributed by atoms with Crippen LogP contribution in [-0.2, 0) is 0 Å². The molecule has 100 valence electrons. The number of halogens is 3. The molecule has 0 spiro atoms. The molecule has 0 aliphatic rings. The number of pyridine rings is 2. The lowest BCUT2D eigenvalue weighted by molar-refractivity contribution is 0.464. The average molecular weight is 309 g/mol. The van der Waals surface area contributed by atoms with E-state index in [2.05, 4.69) is 9.97 Å². The summed E-state index contributed by atoms with van der Waals surface area (Å²) in [6.45, 7) is 0. The molecule has 0 unspecified atom stereocenters. The predicted molar refractivity (Wildman–Crippen MR) is 76.0 cm³/mol. The lowest BCUT2D eigenvalue weighted by Gasteiger charge is -2.09. The maximum Gasteiger partial charge on any atom is 0.230 e. The van der Waals surface area contributed by atoms with E-state index < -0.39 is 5.82 Å². The molecule has 1 aromatic carbocycles. The van der Waals surface area contributed by atoms with Crippen LogP contribution in [0.1, 0.15) is 0 Å². The Hall–Kier alpha value is -1.91. The van der Waals surface area contributed by atoms with Gasteiger partial charge in [-0.1, -0.05) is 29.3 Å². The highest BCUT2D eigenvalue weighted by Gasteiger charge is 2.12. The Balaban J connectivity index is 2.15. The maximum absolute atomic E-state index is 13.2. The summed E-state index contributed by atoms with van der Waals surface area (Å²) in [5.41, 5.74) is 0. The van der Waals surface area contributed by atoms with Crippen LogP contribution >= 0.6 is 23.2 Å². The van der Waals surface area contributed by atoms with E-state index in [1.54, 1.807) is 24.4 Å². The first-order valence-corrected chi connectivity index (χ1v) is 6.43. The zero-order valence-electron chi connectivity index (χ0n) is 9.98. The summed E-state index contributed by atoms with van der Waals surface area (Å²) in [7, 11) is 0. The molecule has 2 heterocycles. The van der Waals surface area contributed by atoms with Crippen molar-refractivity contribution >= 4 is 34.0 Å². The zero-order chi connectivity index (χ0) is 14.1. The third-order valence-corrected chi connectivity index (χ3v) is 3.27. The van der Waals surface area contributed by atoms with E-state index >= 15 is 0 Å². The van der Waals surface area contributed by atoms with Crippen molar-refractivity contribution < 1.29 is 9.13 Å². The van der Waals surface area contributed by atoms with Gasteiger partial charge in [-0.3, -0.25) is 0 Å². The first-order valence-electron chi connectivity index (χ1n) is 5.67. The van der Waals surface area contributed by atoms with Gasteiger partial charge >= 0.3 is 0 Å². The lowest BCUT2D eigenvalue weighted by Crippen LogP contribution is -1.92. The number of fused-ring (bicyclic) bond motifs is 1. The van der Waals surface area contributed by atoms with Crippen molar-refractivity contribution in [2.24, 2.45) is 0 Å². The van der Waals surface area contributed by atoms with E-state index in [1.807, 2.05) is 0 Å². The molecule has 0 radical (unpaired) electrons. The smallest absolute Gasteiger partial charge is 0.230 e. The molecule has 3 aromatic rings. The minimum absolute atomic E-state index is 0.226. The summed E-state index contributed by atoms with van der Waals surface area (Å²) >= 11 is 12.1. The standard InChI is InChI=1S/C14H7Cl2FN2O/c15-11-7-19-13(16)12-10(11)4-5-18-14(12)20-9-3-1-2-8(17)6-9/h1-7H. The normalized spacial score (nSPS) is 10.8. The Morgan fingerprint density at radius 1 is 1.10 bits per heavy atom. The van der Waals surface area contributed by atoms with Gasteiger partial charge in [0.05, 0.1) is 10.4 Å². The summed E-state index contributed by atoms with van der Waals surface area (Å²) < 4.78 is 18.7. The van der Waals surface area contributed by atoms with Gasteiger partial charge < -0.3 is 4.74 Å². The van der Waals surface area contributed by atoms with Gasteiger partial charge in [0.2, 0.25) is 5.88 Å². The molecule has 3 nitrogen and oxygen atoms in total. The summed E-state index contributed by atoms with van der Waals surface area (Å²) in [5.74, 6) is 0.152. The third-order valence-electron chi connectivity index (χ3n) is 2.68. The Kier molecular flexibility index (Phi) is 3.42. The van der Waals surface area contributed by atoms with Gasteiger partial charge in [0.25, 0.3) is 0 Å². The molecule has 0 fully saturated rings. The summed E-state index contributed by atoms with van der Waals surface area (Å²) in [6.07, 6.45) is 3.00. The first-order chi connectivity index (χ1) is 9.65. The number of benzene rings is 1. The van der Waals surface area contributed by atoms with Crippen LogP contribution in [0.5, 0.6) is 11.6 Å². The maximum atomic E-state index is 13.2. The second-order valence-corrected chi connectivity index (χ2v) is 4.76. The molecule has 0 amide bonds. The minimum Gasteiger partial charge on any atom is -0.438 e. The van der Waals surface area contributed by atoms with E-state index in [4.69, 9.17) is 27.9 Å². The van der Waals surface area contributed by atoms with Crippen molar-refractivity contribution in [2.45, 2.75) is 0 Å². The largest absolute Gasteiger partial charge is 0.438 e. The average Bonchev–Trinajstić information content (AvgIpc) is 2.43. The molecule has 0 aliphatic carbocycles. The molecule has 0 atom stereocenters. The molecule has 20 heavy (non-hydrogen) atoms. The minimum atomic E-state index is -0.398. The molecular formula is C14H7Cl2FN2O. The SMILES string of the molecule is Fc1cccc(Oc2nccc3c(Cl)cnc(Cl)c23)c1. The molecule has 0 bridgehead atoms. The quantitative estimate of drug-likeness (QED) is 0.634. The van der Waals surface area contributed by atoms with Crippen LogP contribution in [0.4, 0.5) is 4.39 Å². The number of nitrogens with zero attached hydrogens (tertiary/aromatic N) is 2. The van der Waals surface area contributed by atoms with Crippen LogP contribution in [-0.4, -0.2) is 9.97 Å². The van der Waals surface area contributed by atoms with E-state index in [0.717, 1.165) is 0 Å². The molecular weight excluding hydrogens is 302 g/mol. The molecule has 3 rings (SSSR count). The summed E-state index contributed by atoms with van der Waals surface area (Å²) in [6, 6.07) is 7.46. The Labute approximate surface area is 123 Å². The van der Waals surface area contributed by atoms with Gasteiger partial charge in [-0.25, -0.2) is 14.4 Å². The van der Waals surface area contributed by atoms with Gasteiger partial charge in [0, 0.05) is 23.8 Å². The highest BCUT2D eigenvalue weighted by molar-refractivity contribution is 6.39. The van der Waals surface area contributed by atoms with Crippen molar-refractivity contribution in [3.8, 4) is 11.6 Å². The fourth-order valence-electron chi connectivity index (χ4n) is 1.81. The van der Waals surface area contributed by atoms with E-state index in [1.165, 1.54) is 18.3 Å². The molecule has 0 aliphatic heterocycles. The van der Waals surface area contributed by atoms with Crippen LogP contribution in [0.15, 0.2) is 42.7 Å². The first kappa shape index (κ1) is 13.1. The van der Waals surface area contributed by atoms with Crippen LogP contribution in [0.3, 0.4) is 0 Å². The van der Waals surface area contributed by atoms with Gasteiger partial charge in [-0.15, -0.1) is 0 Å². The monoisotopic (exact) mass is 308 g/mol. The number of hydrogen-bond acceptors (Lipinski definition) is 3. The van der Waals surface area contributed by atoms with Crippen molar-refractivity contribution in [3.05, 3.63) is 58.7 Å². The van der Waals surface area contributed by atoms with Crippen LogP contribution < -0.4 is 4.74 Å². The molecule has 2 aromatic heterocycles. The van der Waals surface area contributed by atoms with Gasteiger partial charge in [-0.05, 0) is 18.2 Å². The van der Waals surface area contributed by atoms with Crippen LogP contribution in [0.2, 0.25) is 10.2 Å². The van der Waals surface area contributed by atoms with Crippen molar-refractivity contribution in [1.82, 2.24) is 9.97 Å². The Bertz CT molecular complexity index is 795. The second kappa shape index (κ2) is 5.23. The zero-order valence-corrected chi connectivity index (χ0v) is 11.5. The van der Waals surface area contributed by atoms with Crippen LogP contribution in [0, 0.1) is 5.82 Å². The van der Waals surface area contributed by atoms with E-state index in [-0.39, 0.29) is 11.0 Å². The molecule has 0 saturated carbocycles. The topological polar surface area (TPSA) is 35.0 Å².